The molecule has 0 unspecified atom stereocenters. The van der Waals surface area contributed by atoms with Gasteiger partial charge < -0.3 is 4.42 Å². The van der Waals surface area contributed by atoms with Gasteiger partial charge >= 0.3 is 0 Å². The summed E-state index contributed by atoms with van der Waals surface area (Å²) in [6.45, 7) is 11.2. The second-order valence-corrected chi connectivity index (χ2v) is 11.4. The molecule has 0 radical (unpaired) electrons. The zero-order valence-electron chi connectivity index (χ0n) is 20.2. The smallest absolute Gasteiger partial charge is 0.134 e. The highest BCUT2D eigenvalue weighted by atomic mass is 32.1. The van der Waals surface area contributed by atoms with Gasteiger partial charge in [0.2, 0.25) is 0 Å². The molecule has 0 saturated heterocycles. The van der Waals surface area contributed by atoms with E-state index in [4.69, 9.17) is 9.40 Å². The molecular weight excluding hydrogens is 434 g/mol. The van der Waals surface area contributed by atoms with Crippen molar-refractivity contribution in [2.75, 3.05) is 0 Å². The molecule has 2 nitrogen and oxygen atoms in total. The van der Waals surface area contributed by atoms with E-state index in [0.29, 0.717) is 0 Å². The van der Waals surface area contributed by atoms with Crippen LogP contribution in [0.15, 0.2) is 77.4 Å². The SMILES string of the molecule is Cc1sc2nc(-c3cc(C(C)(C)C)c4ccccc4c3)cc(-c3coc4ccccc34)c2c1C. The van der Waals surface area contributed by atoms with Gasteiger partial charge in [-0.1, -0.05) is 63.2 Å². The van der Waals surface area contributed by atoms with Crippen LogP contribution < -0.4 is 0 Å². The average Bonchev–Trinajstić information content (AvgIpc) is 3.38. The maximum Gasteiger partial charge on any atom is 0.134 e. The first-order valence-electron chi connectivity index (χ1n) is 11.7. The summed E-state index contributed by atoms with van der Waals surface area (Å²) >= 11 is 1.78. The lowest BCUT2D eigenvalue weighted by Gasteiger charge is -2.23. The average molecular weight is 462 g/mol. The van der Waals surface area contributed by atoms with Gasteiger partial charge in [0.1, 0.15) is 10.4 Å². The molecule has 3 heterocycles. The Morgan fingerprint density at radius 2 is 1.56 bits per heavy atom. The summed E-state index contributed by atoms with van der Waals surface area (Å²) in [7, 11) is 0. The Morgan fingerprint density at radius 1 is 0.824 bits per heavy atom. The predicted molar refractivity (Wildman–Crippen MR) is 146 cm³/mol. The molecule has 34 heavy (non-hydrogen) atoms. The van der Waals surface area contributed by atoms with E-state index in [2.05, 4.69) is 89.2 Å². The first-order chi connectivity index (χ1) is 16.3. The fourth-order valence-corrected chi connectivity index (χ4v) is 6.04. The molecule has 0 aliphatic rings. The van der Waals surface area contributed by atoms with Gasteiger partial charge in [-0.15, -0.1) is 11.3 Å². The van der Waals surface area contributed by atoms with Crippen LogP contribution in [-0.4, -0.2) is 4.98 Å². The van der Waals surface area contributed by atoms with Crippen LogP contribution in [0.1, 0.15) is 36.8 Å². The van der Waals surface area contributed by atoms with E-state index in [9.17, 15) is 0 Å². The number of pyridine rings is 1. The molecular formula is C31H27NOS. The topological polar surface area (TPSA) is 26.0 Å². The lowest BCUT2D eigenvalue weighted by atomic mass is 9.82. The fourth-order valence-electron chi connectivity index (χ4n) is 4.98. The van der Waals surface area contributed by atoms with Gasteiger partial charge in [0.05, 0.1) is 12.0 Å². The number of rotatable bonds is 2. The van der Waals surface area contributed by atoms with Crippen LogP contribution in [0.25, 0.3) is 54.3 Å². The summed E-state index contributed by atoms with van der Waals surface area (Å²) in [5, 5.41) is 4.93. The molecule has 3 aromatic heterocycles. The van der Waals surface area contributed by atoms with Gasteiger partial charge in [0, 0.05) is 26.8 Å². The van der Waals surface area contributed by atoms with Crippen LogP contribution in [-0.2, 0) is 5.41 Å². The number of furan rings is 1. The number of thiophene rings is 1. The Morgan fingerprint density at radius 3 is 2.35 bits per heavy atom. The second-order valence-electron chi connectivity index (χ2n) is 10.2. The number of hydrogen-bond acceptors (Lipinski definition) is 3. The normalized spacial score (nSPS) is 12.3. The number of fused-ring (bicyclic) bond motifs is 3. The van der Waals surface area contributed by atoms with Gasteiger partial charge in [-0.25, -0.2) is 4.98 Å². The molecule has 3 aromatic carbocycles. The maximum atomic E-state index is 5.95. The highest BCUT2D eigenvalue weighted by Crippen LogP contribution is 2.43. The van der Waals surface area contributed by atoms with Crippen LogP contribution in [0.2, 0.25) is 0 Å². The highest BCUT2D eigenvalue weighted by molar-refractivity contribution is 7.18. The Hall–Kier alpha value is -3.43. The molecule has 0 amide bonds. The van der Waals surface area contributed by atoms with Crippen LogP contribution in [0, 0.1) is 13.8 Å². The summed E-state index contributed by atoms with van der Waals surface area (Å²) in [6, 6.07) is 23.8. The largest absolute Gasteiger partial charge is 0.464 e. The molecule has 168 valence electrons. The van der Waals surface area contributed by atoms with E-state index in [1.807, 2.05) is 18.4 Å². The first-order valence-corrected chi connectivity index (χ1v) is 12.5. The fraction of sp³-hybridized carbons (Fsp3) is 0.194. The molecule has 0 aliphatic heterocycles. The summed E-state index contributed by atoms with van der Waals surface area (Å²) in [5.41, 5.74) is 8.06. The van der Waals surface area contributed by atoms with Crippen molar-refractivity contribution in [2.45, 2.75) is 40.0 Å². The molecule has 0 aliphatic carbocycles. The summed E-state index contributed by atoms with van der Waals surface area (Å²) in [6.07, 6.45) is 1.90. The van der Waals surface area contributed by atoms with Crippen molar-refractivity contribution in [3.63, 3.8) is 0 Å². The van der Waals surface area contributed by atoms with Crippen molar-refractivity contribution in [1.29, 1.82) is 0 Å². The minimum atomic E-state index is 0.0272. The van der Waals surface area contributed by atoms with Gasteiger partial charge in [-0.05, 0) is 71.0 Å². The van der Waals surface area contributed by atoms with Crippen molar-refractivity contribution in [2.24, 2.45) is 0 Å². The van der Waals surface area contributed by atoms with Gasteiger partial charge in [-0.2, -0.15) is 0 Å². The van der Waals surface area contributed by atoms with Crippen LogP contribution in [0.4, 0.5) is 0 Å². The standard InChI is InChI=1S/C31H27NOS/c1-18-19(2)34-30-29(18)24(25-17-33-28-13-9-8-12-23(25)28)16-27(32-30)21-14-20-10-6-7-11-22(20)26(15-21)31(3,4)5/h6-17H,1-5H3. The molecule has 0 atom stereocenters. The van der Waals surface area contributed by atoms with E-state index in [-0.39, 0.29) is 5.41 Å². The number of nitrogens with zero attached hydrogens (tertiary/aromatic N) is 1. The molecule has 6 aromatic rings. The van der Waals surface area contributed by atoms with E-state index < -0.39 is 0 Å². The quantitative estimate of drug-likeness (QED) is 0.257. The first kappa shape index (κ1) is 21.1. The number of aromatic nitrogens is 1. The Balaban J connectivity index is 1.68. The summed E-state index contributed by atoms with van der Waals surface area (Å²) < 4.78 is 5.95. The van der Waals surface area contributed by atoms with Crippen molar-refractivity contribution < 1.29 is 4.42 Å². The molecule has 6 rings (SSSR count). The zero-order valence-corrected chi connectivity index (χ0v) is 21.0. The molecule has 0 N–H and O–H groups in total. The molecule has 0 saturated carbocycles. The summed E-state index contributed by atoms with van der Waals surface area (Å²) in [5.74, 6) is 0. The number of para-hydroxylation sites is 1. The van der Waals surface area contributed by atoms with E-state index in [1.165, 1.54) is 37.7 Å². The maximum absolute atomic E-state index is 5.95. The van der Waals surface area contributed by atoms with Gasteiger partial charge in [0.15, 0.2) is 0 Å². The van der Waals surface area contributed by atoms with Crippen molar-refractivity contribution in [3.8, 4) is 22.4 Å². The highest BCUT2D eigenvalue weighted by Gasteiger charge is 2.21. The van der Waals surface area contributed by atoms with Crippen molar-refractivity contribution in [3.05, 3.63) is 89.0 Å². The molecule has 0 fully saturated rings. The van der Waals surface area contributed by atoms with Crippen molar-refractivity contribution in [1.82, 2.24) is 4.98 Å². The summed E-state index contributed by atoms with van der Waals surface area (Å²) in [4.78, 5) is 7.59. The van der Waals surface area contributed by atoms with Crippen LogP contribution >= 0.6 is 11.3 Å². The predicted octanol–water partition coefficient (Wildman–Crippen LogP) is 9.44. The third kappa shape index (κ3) is 3.26. The van der Waals surface area contributed by atoms with Crippen molar-refractivity contribution >= 4 is 43.3 Å². The number of benzene rings is 3. The molecule has 3 heteroatoms. The van der Waals surface area contributed by atoms with E-state index in [0.717, 1.165) is 32.6 Å². The lowest BCUT2D eigenvalue weighted by molar-refractivity contribution is 0.596. The van der Waals surface area contributed by atoms with E-state index in [1.54, 1.807) is 11.3 Å². The lowest BCUT2D eigenvalue weighted by Crippen LogP contribution is -2.12. The Bertz CT molecular complexity index is 1710. The number of aryl methyl sites for hydroxylation is 2. The second kappa shape index (κ2) is 7.54. The number of hydrogen-bond donors (Lipinski definition) is 0. The van der Waals surface area contributed by atoms with Gasteiger partial charge in [-0.3, -0.25) is 0 Å². The third-order valence-electron chi connectivity index (χ3n) is 6.88. The van der Waals surface area contributed by atoms with Crippen LogP contribution in [0.5, 0.6) is 0 Å². The van der Waals surface area contributed by atoms with E-state index >= 15 is 0 Å². The Labute approximate surface area is 203 Å². The molecule has 0 bridgehead atoms. The minimum Gasteiger partial charge on any atom is -0.464 e. The molecule has 0 spiro atoms. The minimum absolute atomic E-state index is 0.0272. The zero-order chi connectivity index (χ0) is 23.6. The third-order valence-corrected chi connectivity index (χ3v) is 7.98. The Kier molecular flexibility index (Phi) is 4.69. The van der Waals surface area contributed by atoms with Gasteiger partial charge in [0.25, 0.3) is 0 Å². The van der Waals surface area contributed by atoms with Crippen LogP contribution in [0.3, 0.4) is 0 Å². The monoisotopic (exact) mass is 461 g/mol.